The molecule has 0 heterocycles. The minimum atomic E-state index is -0.361. The highest BCUT2D eigenvalue weighted by atomic mass is 35.5. The summed E-state index contributed by atoms with van der Waals surface area (Å²) in [7, 11) is 0. The second-order valence-corrected chi connectivity index (χ2v) is 6.01. The Balaban J connectivity index is 0.00000441. The minimum absolute atomic E-state index is 0. The molecule has 0 aromatic rings. The second-order valence-electron chi connectivity index (χ2n) is 6.01. The van der Waals surface area contributed by atoms with Crippen molar-refractivity contribution in [1.82, 2.24) is 16.0 Å². The highest BCUT2D eigenvalue weighted by Gasteiger charge is 2.21. The molecule has 0 atom stereocenters. The summed E-state index contributed by atoms with van der Waals surface area (Å²) in [6.07, 6.45) is 7.25. The summed E-state index contributed by atoms with van der Waals surface area (Å²) in [6, 6.07) is -0.0132. The molecule has 7 heteroatoms. The van der Waals surface area contributed by atoms with Crippen molar-refractivity contribution in [3.63, 3.8) is 0 Å². The number of halogens is 1. The minimum Gasteiger partial charge on any atom is -0.353 e. The summed E-state index contributed by atoms with van der Waals surface area (Å²) >= 11 is 0. The van der Waals surface area contributed by atoms with Gasteiger partial charge in [0.2, 0.25) is 5.91 Å². The fourth-order valence-corrected chi connectivity index (χ4v) is 2.48. The van der Waals surface area contributed by atoms with Crippen molar-refractivity contribution in [1.29, 1.82) is 0 Å². The van der Waals surface area contributed by atoms with E-state index in [0.717, 1.165) is 38.5 Å². The quantitative estimate of drug-likeness (QED) is 0.570. The molecule has 1 rings (SSSR count). The molecule has 1 saturated carbocycles. The van der Waals surface area contributed by atoms with Gasteiger partial charge in [0.05, 0.1) is 6.54 Å². The first-order valence-electron chi connectivity index (χ1n) is 8.09. The lowest BCUT2D eigenvalue weighted by Gasteiger charge is -2.27. The third kappa shape index (κ3) is 7.84. The molecule has 0 aliphatic heterocycles. The van der Waals surface area contributed by atoms with Gasteiger partial charge in [0.1, 0.15) is 0 Å². The number of carbonyl (C=O) groups excluding carboxylic acids is 2. The molecule has 0 aromatic heterocycles. The maximum Gasteiger partial charge on any atom is 0.315 e. The highest BCUT2D eigenvalue weighted by Crippen LogP contribution is 2.17. The van der Waals surface area contributed by atoms with Gasteiger partial charge >= 0.3 is 6.03 Å². The standard InChI is InChI=1S/C15H30N4O2.ClH/c1-3-15(16,4-2)11-18-13(20)10-17-14(21)19-12-8-6-5-7-9-12;/h12H,3-11,16H2,1-2H3,(H,18,20)(H2,17,19,21);1H. The van der Waals surface area contributed by atoms with Crippen LogP contribution in [0, 0.1) is 0 Å². The molecule has 6 nitrogen and oxygen atoms in total. The lowest BCUT2D eigenvalue weighted by atomic mass is 9.94. The van der Waals surface area contributed by atoms with Gasteiger partial charge in [0, 0.05) is 18.1 Å². The van der Waals surface area contributed by atoms with E-state index in [2.05, 4.69) is 16.0 Å². The van der Waals surface area contributed by atoms with Crippen LogP contribution in [0.5, 0.6) is 0 Å². The SMILES string of the molecule is CCC(N)(CC)CNC(=O)CNC(=O)NC1CCCCC1.Cl. The van der Waals surface area contributed by atoms with Crippen molar-refractivity contribution in [3.8, 4) is 0 Å². The van der Waals surface area contributed by atoms with E-state index in [0.29, 0.717) is 6.54 Å². The smallest absolute Gasteiger partial charge is 0.315 e. The van der Waals surface area contributed by atoms with E-state index >= 15 is 0 Å². The van der Waals surface area contributed by atoms with Gasteiger partial charge in [-0.3, -0.25) is 4.79 Å². The predicted octanol–water partition coefficient (Wildman–Crippen LogP) is 1.67. The lowest BCUT2D eigenvalue weighted by molar-refractivity contribution is -0.120. The first kappa shape index (κ1) is 21.0. The normalized spacial score (nSPS) is 15.6. The van der Waals surface area contributed by atoms with Crippen LogP contribution in [0.4, 0.5) is 4.79 Å². The topological polar surface area (TPSA) is 96.2 Å². The van der Waals surface area contributed by atoms with Crippen LogP contribution in [0.25, 0.3) is 0 Å². The van der Waals surface area contributed by atoms with E-state index in [1.807, 2.05) is 13.8 Å². The molecule has 1 aliphatic rings. The first-order chi connectivity index (χ1) is 9.99. The lowest BCUT2D eigenvalue weighted by Crippen LogP contribution is -2.52. The summed E-state index contributed by atoms with van der Waals surface area (Å²) in [4.78, 5) is 23.4. The molecule has 22 heavy (non-hydrogen) atoms. The average molecular weight is 335 g/mol. The number of hydrogen-bond donors (Lipinski definition) is 4. The molecule has 0 saturated heterocycles. The zero-order valence-electron chi connectivity index (χ0n) is 13.7. The Kier molecular flexibility index (Phi) is 10.2. The molecule has 0 bridgehead atoms. The van der Waals surface area contributed by atoms with Gasteiger partial charge in [-0.05, 0) is 25.7 Å². The monoisotopic (exact) mass is 334 g/mol. The van der Waals surface area contributed by atoms with E-state index in [9.17, 15) is 9.59 Å². The molecule has 0 aromatic carbocycles. The maximum absolute atomic E-state index is 11.7. The second kappa shape index (κ2) is 10.7. The Hall–Kier alpha value is -1.01. The third-order valence-corrected chi connectivity index (χ3v) is 4.40. The van der Waals surface area contributed by atoms with E-state index in [-0.39, 0.29) is 42.5 Å². The molecule has 1 fully saturated rings. The third-order valence-electron chi connectivity index (χ3n) is 4.40. The Morgan fingerprint density at radius 2 is 1.68 bits per heavy atom. The van der Waals surface area contributed by atoms with Crippen molar-refractivity contribution < 1.29 is 9.59 Å². The Labute approximate surface area is 139 Å². The van der Waals surface area contributed by atoms with Crippen molar-refractivity contribution in [2.45, 2.75) is 70.4 Å². The molecule has 3 amide bonds. The number of rotatable bonds is 7. The van der Waals surface area contributed by atoms with Crippen molar-refractivity contribution in [2.24, 2.45) is 5.73 Å². The number of nitrogens with one attached hydrogen (secondary N) is 3. The van der Waals surface area contributed by atoms with Crippen molar-refractivity contribution in [3.05, 3.63) is 0 Å². The van der Waals surface area contributed by atoms with Gasteiger partial charge < -0.3 is 21.7 Å². The summed E-state index contributed by atoms with van der Waals surface area (Å²) in [6.45, 7) is 4.43. The summed E-state index contributed by atoms with van der Waals surface area (Å²) in [5.74, 6) is -0.203. The highest BCUT2D eigenvalue weighted by molar-refractivity contribution is 5.85. The van der Waals surface area contributed by atoms with Gasteiger partial charge in [0.25, 0.3) is 0 Å². The van der Waals surface area contributed by atoms with Crippen LogP contribution in [0.1, 0.15) is 58.8 Å². The number of hydrogen-bond acceptors (Lipinski definition) is 3. The number of carbonyl (C=O) groups is 2. The molecular weight excluding hydrogens is 304 g/mol. The zero-order valence-corrected chi connectivity index (χ0v) is 14.6. The number of amides is 3. The number of nitrogens with two attached hydrogens (primary N) is 1. The zero-order chi connectivity index (χ0) is 15.7. The molecule has 0 radical (unpaired) electrons. The Morgan fingerprint density at radius 1 is 1.09 bits per heavy atom. The van der Waals surface area contributed by atoms with E-state index in [1.54, 1.807) is 0 Å². The van der Waals surface area contributed by atoms with Crippen LogP contribution in [0.2, 0.25) is 0 Å². The first-order valence-corrected chi connectivity index (χ1v) is 8.09. The van der Waals surface area contributed by atoms with Crippen LogP contribution in [0.3, 0.4) is 0 Å². The van der Waals surface area contributed by atoms with Crippen LogP contribution in [-0.4, -0.2) is 36.6 Å². The summed E-state index contributed by atoms with van der Waals surface area (Å²) in [5, 5.41) is 8.29. The van der Waals surface area contributed by atoms with E-state index in [4.69, 9.17) is 5.73 Å². The van der Waals surface area contributed by atoms with Gasteiger partial charge in [-0.15, -0.1) is 12.4 Å². The van der Waals surface area contributed by atoms with Gasteiger partial charge in [-0.25, -0.2) is 4.79 Å². The van der Waals surface area contributed by atoms with Crippen LogP contribution in [-0.2, 0) is 4.79 Å². The van der Waals surface area contributed by atoms with Crippen LogP contribution >= 0.6 is 12.4 Å². The maximum atomic E-state index is 11.7. The fraction of sp³-hybridized carbons (Fsp3) is 0.867. The summed E-state index contributed by atoms with van der Waals surface area (Å²) < 4.78 is 0. The molecule has 130 valence electrons. The molecule has 1 aliphatic carbocycles. The van der Waals surface area contributed by atoms with Gasteiger partial charge in [-0.2, -0.15) is 0 Å². The summed E-state index contributed by atoms with van der Waals surface area (Å²) in [5.41, 5.74) is 5.75. The van der Waals surface area contributed by atoms with E-state index in [1.165, 1.54) is 6.42 Å². The van der Waals surface area contributed by atoms with Crippen LogP contribution in [0.15, 0.2) is 0 Å². The van der Waals surface area contributed by atoms with Crippen molar-refractivity contribution in [2.75, 3.05) is 13.1 Å². The van der Waals surface area contributed by atoms with E-state index < -0.39 is 0 Å². The number of urea groups is 1. The van der Waals surface area contributed by atoms with Gasteiger partial charge in [-0.1, -0.05) is 33.1 Å². The largest absolute Gasteiger partial charge is 0.353 e. The van der Waals surface area contributed by atoms with Crippen molar-refractivity contribution >= 4 is 24.3 Å². The Morgan fingerprint density at radius 3 is 2.23 bits per heavy atom. The molecule has 0 spiro atoms. The van der Waals surface area contributed by atoms with Gasteiger partial charge in [0.15, 0.2) is 0 Å². The molecular formula is C15H31ClN4O2. The average Bonchev–Trinajstić information content (AvgIpc) is 2.51. The fourth-order valence-electron chi connectivity index (χ4n) is 2.48. The Bertz CT molecular complexity index is 342. The molecule has 0 unspecified atom stereocenters. The molecule has 5 N–H and O–H groups in total. The van der Waals surface area contributed by atoms with Crippen LogP contribution < -0.4 is 21.7 Å². The predicted molar refractivity (Wildman–Crippen MR) is 91.2 cm³/mol.